The number of H-pyrrole nitrogens is 1. The Morgan fingerprint density at radius 3 is 2.80 bits per heavy atom. The first-order valence-electron chi connectivity index (χ1n) is 6.39. The summed E-state index contributed by atoms with van der Waals surface area (Å²) in [4.78, 5) is 2.03. The summed E-state index contributed by atoms with van der Waals surface area (Å²) in [7, 11) is 5.69. The molecule has 0 bridgehead atoms. The minimum Gasteiger partial charge on any atom is -0.490 e. The van der Waals surface area contributed by atoms with Crippen molar-refractivity contribution in [3.05, 3.63) is 30.3 Å². The van der Waals surface area contributed by atoms with Crippen LogP contribution in [0.5, 0.6) is 5.75 Å². The zero-order valence-electron chi connectivity index (χ0n) is 11.9. The van der Waals surface area contributed by atoms with Crippen molar-refractivity contribution < 1.29 is 9.13 Å². The molecule has 6 heteroatoms. The van der Waals surface area contributed by atoms with Gasteiger partial charge in [0.15, 0.2) is 0 Å². The number of nitrogens with one attached hydrogen (secondary N) is 2. The third-order valence-electron chi connectivity index (χ3n) is 2.94. The van der Waals surface area contributed by atoms with Gasteiger partial charge in [0.25, 0.3) is 0 Å². The second kappa shape index (κ2) is 6.38. The van der Waals surface area contributed by atoms with Crippen LogP contribution in [0.15, 0.2) is 24.5 Å². The summed E-state index contributed by atoms with van der Waals surface area (Å²) in [6, 6.07) is 3.13. The van der Waals surface area contributed by atoms with Crippen molar-refractivity contribution in [2.45, 2.75) is 0 Å². The number of ether oxygens (including phenoxy) is 1. The van der Waals surface area contributed by atoms with Gasteiger partial charge in [-0.2, -0.15) is 5.10 Å². The largest absolute Gasteiger partial charge is 0.490 e. The lowest BCUT2D eigenvalue weighted by Crippen LogP contribution is -2.19. The maximum Gasteiger partial charge on any atom is 0.143 e. The molecule has 2 N–H and O–H groups in total. The molecule has 5 nitrogen and oxygen atoms in total. The van der Waals surface area contributed by atoms with Gasteiger partial charge in [0, 0.05) is 37.0 Å². The Bertz CT molecular complexity index is 555. The number of aromatic amines is 1. The lowest BCUT2D eigenvalue weighted by atomic mass is 10.1. The van der Waals surface area contributed by atoms with Crippen LogP contribution in [-0.4, -0.2) is 49.4 Å². The molecule has 0 aliphatic heterocycles. The van der Waals surface area contributed by atoms with E-state index in [4.69, 9.17) is 4.74 Å². The van der Waals surface area contributed by atoms with Gasteiger partial charge in [0.2, 0.25) is 0 Å². The molecule has 0 radical (unpaired) electrons. The van der Waals surface area contributed by atoms with Gasteiger partial charge >= 0.3 is 0 Å². The van der Waals surface area contributed by atoms with Gasteiger partial charge in [-0.05, 0) is 20.2 Å². The third kappa shape index (κ3) is 3.27. The van der Waals surface area contributed by atoms with E-state index in [1.165, 1.54) is 6.07 Å². The summed E-state index contributed by atoms with van der Waals surface area (Å²) in [6.07, 6.45) is 3.24. The number of benzene rings is 1. The maximum atomic E-state index is 14.1. The van der Waals surface area contributed by atoms with Crippen molar-refractivity contribution in [1.82, 2.24) is 15.1 Å². The highest BCUT2D eigenvalue weighted by Gasteiger charge is 2.12. The van der Waals surface area contributed by atoms with E-state index in [2.05, 4.69) is 15.5 Å². The van der Waals surface area contributed by atoms with Crippen molar-refractivity contribution in [1.29, 1.82) is 0 Å². The molecule has 0 saturated carbocycles. The lowest BCUT2D eigenvalue weighted by molar-refractivity contribution is 0.262. The average Bonchev–Trinajstić information content (AvgIpc) is 2.93. The number of nitrogens with zero attached hydrogens (tertiary/aromatic N) is 2. The molecule has 1 aromatic carbocycles. The van der Waals surface area contributed by atoms with E-state index in [1.54, 1.807) is 25.5 Å². The van der Waals surface area contributed by atoms with E-state index in [1.807, 2.05) is 19.0 Å². The highest BCUT2D eigenvalue weighted by molar-refractivity contribution is 5.70. The molecule has 0 amide bonds. The second-order valence-electron chi connectivity index (χ2n) is 4.72. The van der Waals surface area contributed by atoms with Crippen LogP contribution in [0.3, 0.4) is 0 Å². The molecule has 2 aromatic rings. The van der Waals surface area contributed by atoms with Crippen molar-refractivity contribution in [2.24, 2.45) is 0 Å². The number of aromatic nitrogens is 2. The molecular formula is C14H19FN4O. The van der Waals surface area contributed by atoms with Crippen molar-refractivity contribution in [2.75, 3.05) is 39.6 Å². The Balaban J connectivity index is 2.27. The first-order chi connectivity index (χ1) is 9.61. The van der Waals surface area contributed by atoms with Gasteiger partial charge in [0.05, 0.1) is 11.9 Å². The van der Waals surface area contributed by atoms with Crippen LogP contribution in [0.4, 0.5) is 10.1 Å². The van der Waals surface area contributed by atoms with Crippen molar-refractivity contribution in [3.8, 4) is 16.9 Å². The van der Waals surface area contributed by atoms with E-state index in [0.29, 0.717) is 29.2 Å². The van der Waals surface area contributed by atoms with Gasteiger partial charge in [0.1, 0.15) is 18.2 Å². The lowest BCUT2D eigenvalue weighted by Gasteiger charge is -2.15. The monoisotopic (exact) mass is 278 g/mol. The van der Waals surface area contributed by atoms with E-state index in [0.717, 1.165) is 6.54 Å². The SMILES string of the molecule is CNc1cc(F)c(-c2cn[nH]c2)cc1OCCN(C)C. The summed E-state index contributed by atoms with van der Waals surface area (Å²) in [5, 5.41) is 9.47. The number of hydrogen-bond acceptors (Lipinski definition) is 4. The summed E-state index contributed by atoms with van der Waals surface area (Å²) < 4.78 is 19.8. The minimum absolute atomic E-state index is 0.310. The third-order valence-corrected chi connectivity index (χ3v) is 2.94. The fourth-order valence-electron chi connectivity index (χ4n) is 1.83. The average molecular weight is 278 g/mol. The van der Waals surface area contributed by atoms with Gasteiger partial charge < -0.3 is 15.0 Å². The molecule has 0 atom stereocenters. The molecule has 1 heterocycles. The Kier molecular flexibility index (Phi) is 4.57. The highest BCUT2D eigenvalue weighted by Crippen LogP contribution is 2.33. The predicted molar refractivity (Wildman–Crippen MR) is 77.6 cm³/mol. The Labute approximate surface area is 117 Å². The minimum atomic E-state index is -0.310. The molecule has 0 saturated heterocycles. The number of rotatable bonds is 6. The standard InChI is InChI=1S/C14H19FN4O/c1-16-13-7-12(15)11(10-8-17-18-9-10)6-14(13)20-5-4-19(2)3/h6-9,16H,4-5H2,1-3H3,(H,17,18). The Morgan fingerprint density at radius 1 is 1.40 bits per heavy atom. The molecule has 0 fully saturated rings. The molecule has 20 heavy (non-hydrogen) atoms. The van der Waals surface area contributed by atoms with Crippen molar-refractivity contribution >= 4 is 5.69 Å². The molecule has 0 aliphatic rings. The summed E-state index contributed by atoms with van der Waals surface area (Å²) in [6.45, 7) is 1.33. The van der Waals surface area contributed by atoms with Gasteiger partial charge in [-0.25, -0.2) is 4.39 Å². The first-order valence-corrected chi connectivity index (χ1v) is 6.39. The summed E-state index contributed by atoms with van der Waals surface area (Å²) >= 11 is 0. The van der Waals surface area contributed by atoms with Crippen LogP contribution in [0.2, 0.25) is 0 Å². The normalized spacial score (nSPS) is 10.8. The molecule has 108 valence electrons. The Morgan fingerprint density at radius 2 is 2.20 bits per heavy atom. The molecule has 0 unspecified atom stereocenters. The van der Waals surface area contributed by atoms with E-state index >= 15 is 0 Å². The van der Waals surface area contributed by atoms with E-state index in [-0.39, 0.29) is 5.82 Å². The number of anilines is 1. The summed E-state index contributed by atoms with van der Waals surface area (Å²) in [5.74, 6) is 0.322. The maximum absolute atomic E-state index is 14.1. The van der Waals surface area contributed by atoms with Gasteiger partial charge in [-0.15, -0.1) is 0 Å². The van der Waals surface area contributed by atoms with Gasteiger partial charge in [-0.1, -0.05) is 0 Å². The first kappa shape index (κ1) is 14.3. The molecular weight excluding hydrogens is 259 g/mol. The molecule has 2 rings (SSSR count). The highest BCUT2D eigenvalue weighted by atomic mass is 19.1. The van der Waals surface area contributed by atoms with Crippen LogP contribution in [0.25, 0.3) is 11.1 Å². The number of hydrogen-bond donors (Lipinski definition) is 2. The van der Waals surface area contributed by atoms with Crippen LogP contribution in [-0.2, 0) is 0 Å². The number of likely N-dealkylation sites (N-methyl/N-ethyl adjacent to an activating group) is 1. The quantitative estimate of drug-likeness (QED) is 0.850. The predicted octanol–water partition coefficient (Wildman–Crippen LogP) is 2.20. The Hall–Kier alpha value is -2.08. The van der Waals surface area contributed by atoms with E-state index < -0.39 is 0 Å². The molecule has 0 spiro atoms. The van der Waals surface area contributed by atoms with Crippen LogP contribution in [0, 0.1) is 5.82 Å². The fourth-order valence-corrected chi connectivity index (χ4v) is 1.83. The topological polar surface area (TPSA) is 53.2 Å². The summed E-state index contributed by atoms with van der Waals surface area (Å²) in [5.41, 5.74) is 1.80. The fraction of sp³-hybridized carbons (Fsp3) is 0.357. The van der Waals surface area contributed by atoms with Crippen LogP contribution < -0.4 is 10.1 Å². The molecule has 0 aliphatic carbocycles. The zero-order valence-corrected chi connectivity index (χ0v) is 11.9. The zero-order chi connectivity index (χ0) is 14.5. The van der Waals surface area contributed by atoms with Gasteiger partial charge in [-0.3, -0.25) is 5.10 Å². The van der Waals surface area contributed by atoms with E-state index in [9.17, 15) is 4.39 Å². The van der Waals surface area contributed by atoms with Crippen LogP contribution in [0.1, 0.15) is 0 Å². The molecule has 1 aromatic heterocycles. The second-order valence-corrected chi connectivity index (χ2v) is 4.72. The van der Waals surface area contributed by atoms with Crippen molar-refractivity contribution in [3.63, 3.8) is 0 Å². The number of halogens is 1. The van der Waals surface area contributed by atoms with Crippen LogP contribution >= 0.6 is 0 Å². The smallest absolute Gasteiger partial charge is 0.143 e.